The summed E-state index contributed by atoms with van der Waals surface area (Å²) in [6.07, 6.45) is 6.61. The molecule has 5 aromatic rings. The molecule has 242 valence electrons. The lowest BCUT2D eigenvalue weighted by Crippen LogP contribution is -2.55. The number of H-pyrrole nitrogens is 1. The van der Waals surface area contributed by atoms with Crippen LogP contribution in [0, 0.1) is 16.0 Å². The first kappa shape index (κ1) is 31.2. The van der Waals surface area contributed by atoms with Crippen molar-refractivity contribution in [2.24, 2.45) is 11.7 Å². The molecule has 47 heavy (non-hydrogen) atoms. The van der Waals surface area contributed by atoms with Gasteiger partial charge in [-0.05, 0) is 58.5 Å². The number of amides is 3. The van der Waals surface area contributed by atoms with Gasteiger partial charge in [-0.3, -0.25) is 24.5 Å². The number of aromatic nitrogens is 3. The maximum absolute atomic E-state index is 13.7. The molecule has 0 spiro atoms. The number of nitro groups is 1. The van der Waals surface area contributed by atoms with Crippen LogP contribution < -0.4 is 21.1 Å². The maximum Gasteiger partial charge on any atom is 0.301 e. The van der Waals surface area contributed by atoms with Crippen molar-refractivity contribution in [3.8, 4) is 11.5 Å². The molecule has 1 aliphatic rings. The molecular formula is C33H33N7O7. The highest BCUT2D eigenvalue weighted by atomic mass is 16.6. The summed E-state index contributed by atoms with van der Waals surface area (Å²) in [6, 6.07) is 15.1. The van der Waals surface area contributed by atoms with E-state index in [1.165, 1.54) is 12.1 Å². The van der Waals surface area contributed by atoms with E-state index in [9.17, 15) is 24.5 Å². The number of hydrogen-bond acceptors (Lipinski definition) is 9. The van der Waals surface area contributed by atoms with E-state index >= 15 is 0 Å². The minimum atomic E-state index is -1.00. The number of rotatable bonds is 12. The van der Waals surface area contributed by atoms with Gasteiger partial charge in [-0.2, -0.15) is 0 Å². The molecule has 0 aliphatic heterocycles. The van der Waals surface area contributed by atoms with Crippen molar-refractivity contribution in [2.45, 2.75) is 57.0 Å². The second-order valence-electron chi connectivity index (χ2n) is 11.7. The zero-order valence-corrected chi connectivity index (χ0v) is 25.3. The average Bonchev–Trinajstić information content (AvgIpc) is 3.73. The summed E-state index contributed by atoms with van der Waals surface area (Å²) in [7, 11) is 0. The van der Waals surface area contributed by atoms with Gasteiger partial charge in [-0.25, -0.2) is 4.63 Å². The molecule has 14 heteroatoms. The van der Waals surface area contributed by atoms with Crippen LogP contribution in [-0.2, 0) is 27.2 Å². The summed E-state index contributed by atoms with van der Waals surface area (Å²) in [5, 5.41) is 25.3. The highest BCUT2D eigenvalue weighted by molar-refractivity contribution is 5.93. The van der Waals surface area contributed by atoms with Crippen molar-refractivity contribution in [3.05, 3.63) is 88.1 Å². The largest absolute Gasteiger partial charge is 0.455 e. The average molecular weight is 640 g/mol. The number of nitrogens with two attached hydrogens (primary N) is 1. The molecule has 0 bridgehead atoms. The fourth-order valence-electron chi connectivity index (χ4n) is 6.00. The van der Waals surface area contributed by atoms with Gasteiger partial charge in [0, 0.05) is 41.9 Å². The number of nitrogens with zero attached hydrogens (tertiary/aromatic N) is 3. The third-order valence-corrected chi connectivity index (χ3v) is 8.51. The van der Waals surface area contributed by atoms with Crippen LogP contribution in [0.15, 0.2) is 71.5 Å². The number of nitro benzene ring substituents is 1. The quantitative estimate of drug-likeness (QED) is 0.114. The first-order chi connectivity index (χ1) is 22.8. The van der Waals surface area contributed by atoms with Crippen LogP contribution in [0.3, 0.4) is 0 Å². The van der Waals surface area contributed by atoms with Gasteiger partial charge in [0.25, 0.3) is 0 Å². The Morgan fingerprint density at radius 1 is 0.957 bits per heavy atom. The molecule has 2 aromatic heterocycles. The number of para-hydroxylation sites is 1. The highest BCUT2D eigenvalue weighted by Crippen LogP contribution is 2.33. The van der Waals surface area contributed by atoms with E-state index in [0.717, 1.165) is 48.6 Å². The lowest BCUT2D eigenvalue weighted by atomic mass is 9.88. The van der Waals surface area contributed by atoms with Crippen LogP contribution in [0.25, 0.3) is 21.9 Å². The fraction of sp³-hybridized carbons (Fsp3) is 0.303. The summed E-state index contributed by atoms with van der Waals surface area (Å²) in [4.78, 5) is 53.4. The molecule has 1 aliphatic carbocycles. The molecule has 0 unspecified atom stereocenters. The van der Waals surface area contributed by atoms with Crippen molar-refractivity contribution in [2.75, 3.05) is 0 Å². The van der Waals surface area contributed by atoms with Gasteiger partial charge < -0.3 is 26.1 Å². The molecule has 6 rings (SSSR count). The second-order valence-corrected chi connectivity index (χ2v) is 11.7. The van der Waals surface area contributed by atoms with Crippen molar-refractivity contribution < 1.29 is 28.7 Å². The monoisotopic (exact) mass is 639 g/mol. The predicted molar refractivity (Wildman–Crippen MR) is 170 cm³/mol. The molecule has 14 nitrogen and oxygen atoms in total. The number of fused-ring (bicyclic) bond motifs is 2. The molecule has 5 N–H and O–H groups in total. The third-order valence-electron chi connectivity index (χ3n) is 8.51. The van der Waals surface area contributed by atoms with E-state index in [-0.39, 0.29) is 47.1 Å². The molecule has 3 aromatic carbocycles. The van der Waals surface area contributed by atoms with Crippen LogP contribution in [0.2, 0.25) is 0 Å². The number of carbonyl (C=O) groups excluding carboxylic acids is 3. The number of primary amides is 1. The number of nitrogens with one attached hydrogen (secondary N) is 3. The van der Waals surface area contributed by atoms with Gasteiger partial charge >= 0.3 is 5.69 Å². The summed E-state index contributed by atoms with van der Waals surface area (Å²) in [5.74, 6) is -0.982. The van der Waals surface area contributed by atoms with Gasteiger partial charge in [-0.15, -0.1) is 0 Å². The zero-order chi connectivity index (χ0) is 32.9. The van der Waals surface area contributed by atoms with Gasteiger partial charge in [0.1, 0.15) is 17.8 Å². The van der Waals surface area contributed by atoms with Crippen LogP contribution in [0.4, 0.5) is 5.69 Å². The van der Waals surface area contributed by atoms with E-state index in [0.29, 0.717) is 11.3 Å². The van der Waals surface area contributed by atoms with Crippen LogP contribution in [0.1, 0.15) is 43.2 Å². The normalized spacial score (nSPS) is 14.8. The SMILES string of the molecule is NC(=O)[C@@H](Cc1c[nH]c2ccccc12)NC(=O)[C@H](Cc1ccc(Oc2ccc([N+](=O)[O-])c3nonc23)cc1)NC(=O)C1CCCCC1. The Morgan fingerprint density at radius 3 is 2.45 bits per heavy atom. The molecular weight excluding hydrogens is 606 g/mol. The third kappa shape index (κ3) is 7.06. The molecule has 2 atom stereocenters. The molecule has 0 saturated heterocycles. The minimum Gasteiger partial charge on any atom is -0.455 e. The van der Waals surface area contributed by atoms with E-state index in [1.54, 1.807) is 30.5 Å². The molecule has 3 amide bonds. The van der Waals surface area contributed by atoms with Crippen molar-refractivity contribution >= 4 is 45.3 Å². The predicted octanol–water partition coefficient (Wildman–Crippen LogP) is 4.23. The fourth-order valence-corrected chi connectivity index (χ4v) is 6.00. The molecule has 2 heterocycles. The second kappa shape index (κ2) is 13.7. The molecule has 0 radical (unpaired) electrons. The van der Waals surface area contributed by atoms with Gasteiger partial charge in [0.15, 0.2) is 11.3 Å². The number of aromatic amines is 1. The van der Waals surface area contributed by atoms with Crippen molar-refractivity contribution in [3.63, 3.8) is 0 Å². The molecule has 1 saturated carbocycles. The minimum absolute atomic E-state index is 0.0364. The van der Waals surface area contributed by atoms with E-state index in [4.69, 9.17) is 15.1 Å². The zero-order valence-electron chi connectivity index (χ0n) is 25.3. The lowest BCUT2D eigenvalue weighted by Gasteiger charge is -2.26. The van der Waals surface area contributed by atoms with Crippen LogP contribution in [-0.4, -0.2) is 50.0 Å². The Bertz CT molecular complexity index is 1930. The Kier molecular flexibility index (Phi) is 9.09. The summed E-state index contributed by atoms with van der Waals surface area (Å²) < 4.78 is 10.6. The first-order valence-corrected chi connectivity index (χ1v) is 15.4. The smallest absolute Gasteiger partial charge is 0.301 e. The Balaban J connectivity index is 1.19. The number of ether oxygens (including phenoxy) is 1. The Hall–Kier alpha value is -5.79. The van der Waals surface area contributed by atoms with Gasteiger partial charge in [0.05, 0.1) is 4.92 Å². The summed E-state index contributed by atoms with van der Waals surface area (Å²) in [6.45, 7) is 0. The number of non-ortho nitro benzene ring substituents is 1. The lowest BCUT2D eigenvalue weighted by molar-refractivity contribution is -0.383. The number of carbonyl (C=O) groups is 3. The van der Waals surface area contributed by atoms with Crippen molar-refractivity contribution in [1.29, 1.82) is 0 Å². The summed E-state index contributed by atoms with van der Waals surface area (Å²) in [5.41, 5.74) is 7.98. The maximum atomic E-state index is 13.7. The Labute approximate surface area is 268 Å². The topological polar surface area (TPSA) is 208 Å². The van der Waals surface area contributed by atoms with Gasteiger partial charge in [0.2, 0.25) is 23.2 Å². The summed E-state index contributed by atoms with van der Waals surface area (Å²) >= 11 is 0. The molecule has 1 fully saturated rings. The van der Waals surface area contributed by atoms with Crippen molar-refractivity contribution in [1.82, 2.24) is 25.9 Å². The van der Waals surface area contributed by atoms with Gasteiger partial charge in [-0.1, -0.05) is 49.6 Å². The van der Waals surface area contributed by atoms with E-state index in [2.05, 4.69) is 25.9 Å². The van der Waals surface area contributed by atoms with Crippen LogP contribution >= 0.6 is 0 Å². The Morgan fingerprint density at radius 2 is 1.70 bits per heavy atom. The van der Waals surface area contributed by atoms with E-state index in [1.807, 2.05) is 24.3 Å². The highest BCUT2D eigenvalue weighted by Gasteiger charge is 2.30. The van der Waals surface area contributed by atoms with Crippen LogP contribution in [0.5, 0.6) is 11.5 Å². The first-order valence-electron chi connectivity index (χ1n) is 15.4. The number of hydrogen-bond donors (Lipinski definition) is 4. The van der Waals surface area contributed by atoms with E-state index < -0.39 is 28.8 Å². The standard InChI is InChI=1S/C33H33N7O7/c34-31(41)25(17-21-18-35-24-9-5-4-8-23(21)24)36-33(43)26(37-32(42)20-6-2-1-3-7-20)16-19-10-12-22(13-11-19)46-28-15-14-27(40(44)45)29-30(28)39-47-38-29/h4-5,8-15,18,20,25-26,35H,1-3,6-7,16-17H2,(H2,34,41)(H,36,43)(H,37,42)/t25-,26+/m1/s1. The number of benzene rings is 3.